The Morgan fingerprint density at radius 3 is 2.45 bits per heavy atom. The number of carbonyl (C=O) groups is 2. The van der Waals surface area contributed by atoms with E-state index in [1.165, 1.54) is 0 Å². The van der Waals surface area contributed by atoms with Crippen LogP contribution >= 0.6 is 0 Å². The van der Waals surface area contributed by atoms with Crippen molar-refractivity contribution in [2.45, 2.75) is 19.6 Å². The lowest BCUT2D eigenvalue weighted by Crippen LogP contribution is -2.30. The van der Waals surface area contributed by atoms with Crippen molar-refractivity contribution in [2.75, 3.05) is 12.0 Å². The second kappa shape index (κ2) is 10.9. The molecule has 198 valence electrons. The minimum atomic E-state index is -0.165. The van der Waals surface area contributed by atoms with Crippen molar-refractivity contribution in [1.82, 2.24) is 14.9 Å². The van der Waals surface area contributed by atoms with E-state index in [1.54, 1.807) is 30.5 Å². The number of para-hydroxylation sites is 1. The summed E-state index contributed by atoms with van der Waals surface area (Å²) in [5.41, 5.74) is 6.67. The van der Waals surface area contributed by atoms with Gasteiger partial charge in [-0.2, -0.15) is 0 Å². The summed E-state index contributed by atoms with van der Waals surface area (Å²) >= 11 is 0. The van der Waals surface area contributed by atoms with Crippen LogP contribution in [-0.2, 0) is 19.6 Å². The molecule has 1 aliphatic rings. The summed E-state index contributed by atoms with van der Waals surface area (Å²) in [6, 6.07) is 30.9. The fraction of sp³-hybridized carbons (Fsp3) is 0.121. The van der Waals surface area contributed by atoms with Gasteiger partial charge in [0, 0.05) is 41.4 Å². The van der Waals surface area contributed by atoms with Gasteiger partial charge in [0.15, 0.2) is 0 Å². The maximum Gasteiger partial charge on any atom is 0.268 e. The highest BCUT2D eigenvalue weighted by Crippen LogP contribution is 2.34. The third kappa shape index (κ3) is 4.85. The number of nitrogens with one attached hydrogen (secondary N) is 1. The molecule has 0 saturated heterocycles. The molecule has 7 nitrogen and oxygen atoms in total. The van der Waals surface area contributed by atoms with Gasteiger partial charge in [-0.3, -0.25) is 14.6 Å². The maximum absolute atomic E-state index is 14.0. The molecule has 0 radical (unpaired) electrons. The number of nitrogens with zero attached hydrogens (tertiary/aromatic N) is 3. The van der Waals surface area contributed by atoms with Crippen molar-refractivity contribution in [3.63, 3.8) is 0 Å². The number of amides is 2. The monoisotopic (exact) mass is 528 g/mol. The molecule has 0 fully saturated rings. The number of fused-ring (bicyclic) bond motifs is 2. The number of aromatic nitrogens is 2. The topological polar surface area (TPSA) is 76.5 Å². The lowest BCUT2D eigenvalue weighted by atomic mass is 10.0. The van der Waals surface area contributed by atoms with E-state index in [0.29, 0.717) is 36.6 Å². The van der Waals surface area contributed by atoms with Crippen LogP contribution in [0, 0.1) is 0 Å². The van der Waals surface area contributed by atoms with Crippen LogP contribution < -0.4 is 15.0 Å². The number of carbonyl (C=O) groups excluding carboxylic acids is 2. The number of anilines is 1. The highest BCUT2D eigenvalue weighted by atomic mass is 16.5. The van der Waals surface area contributed by atoms with E-state index in [4.69, 9.17) is 4.74 Å². The minimum Gasteiger partial charge on any atom is -0.496 e. The van der Waals surface area contributed by atoms with Gasteiger partial charge in [0.05, 0.1) is 20.2 Å². The van der Waals surface area contributed by atoms with Crippen LogP contribution in [0.5, 0.6) is 5.75 Å². The van der Waals surface area contributed by atoms with E-state index >= 15 is 0 Å². The standard InChI is InChI=1S/C33H28N4O3/c1-40-31-19-25(11-13-28(31)24-7-3-2-4-8-24)33(39)37-22-27-12-14-30(32(38)35-20-23-15-17-34-18-16-23)36(27)21-26-9-5-6-10-29(26)37/h2-19H,20-22H2,1H3,(H,35,38). The Morgan fingerprint density at radius 2 is 1.65 bits per heavy atom. The molecule has 3 heterocycles. The number of ether oxygens (including phenoxy) is 1. The molecule has 7 heteroatoms. The highest BCUT2D eigenvalue weighted by molar-refractivity contribution is 6.07. The maximum atomic E-state index is 14.0. The number of methoxy groups -OCH3 is 1. The first kappa shape index (κ1) is 25.1. The van der Waals surface area contributed by atoms with E-state index < -0.39 is 0 Å². The molecular formula is C33H28N4O3. The Hall–Kier alpha value is -5.17. The molecule has 0 unspecified atom stereocenters. The first-order chi connectivity index (χ1) is 19.6. The van der Waals surface area contributed by atoms with E-state index in [2.05, 4.69) is 10.3 Å². The zero-order valence-electron chi connectivity index (χ0n) is 22.1. The van der Waals surface area contributed by atoms with Crippen LogP contribution in [0.15, 0.2) is 109 Å². The van der Waals surface area contributed by atoms with E-state index in [9.17, 15) is 9.59 Å². The summed E-state index contributed by atoms with van der Waals surface area (Å²) in [4.78, 5) is 33.0. The third-order valence-electron chi connectivity index (χ3n) is 7.22. The molecule has 2 aromatic heterocycles. The van der Waals surface area contributed by atoms with Crippen LogP contribution in [-0.4, -0.2) is 28.5 Å². The highest BCUT2D eigenvalue weighted by Gasteiger charge is 2.28. The van der Waals surface area contributed by atoms with Gasteiger partial charge in [0.25, 0.3) is 11.8 Å². The van der Waals surface area contributed by atoms with Crippen molar-refractivity contribution < 1.29 is 14.3 Å². The van der Waals surface area contributed by atoms with Crippen LogP contribution in [0.3, 0.4) is 0 Å². The summed E-state index contributed by atoms with van der Waals surface area (Å²) < 4.78 is 7.68. The van der Waals surface area contributed by atoms with Gasteiger partial charge in [0.2, 0.25) is 0 Å². The van der Waals surface area contributed by atoms with E-state index in [-0.39, 0.29) is 11.8 Å². The van der Waals surface area contributed by atoms with Gasteiger partial charge in [-0.25, -0.2) is 0 Å². The normalized spacial score (nSPS) is 12.2. The molecular weight excluding hydrogens is 500 g/mol. The molecule has 1 N–H and O–H groups in total. The number of hydrogen-bond acceptors (Lipinski definition) is 4. The van der Waals surface area contributed by atoms with Crippen molar-refractivity contribution in [2.24, 2.45) is 0 Å². The van der Waals surface area contributed by atoms with Crippen LogP contribution in [0.1, 0.15) is 37.7 Å². The Balaban J connectivity index is 1.31. The van der Waals surface area contributed by atoms with E-state index in [0.717, 1.165) is 33.6 Å². The number of benzene rings is 3. The molecule has 5 aromatic rings. The van der Waals surface area contributed by atoms with Crippen molar-refractivity contribution in [1.29, 1.82) is 0 Å². The SMILES string of the molecule is COc1cc(C(=O)N2Cc3ccc(C(=O)NCc4ccncc4)n3Cc3ccccc32)ccc1-c1ccccc1. The van der Waals surface area contributed by atoms with Crippen molar-refractivity contribution >= 4 is 17.5 Å². The fourth-order valence-corrected chi connectivity index (χ4v) is 5.15. The van der Waals surface area contributed by atoms with Gasteiger partial charge in [-0.05, 0) is 65.2 Å². The average Bonchev–Trinajstić information content (AvgIpc) is 3.33. The molecule has 6 rings (SSSR count). The lowest BCUT2D eigenvalue weighted by molar-refractivity contribution is 0.0941. The summed E-state index contributed by atoms with van der Waals surface area (Å²) in [5.74, 6) is 0.335. The Kier molecular flexibility index (Phi) is 6.85. The number of rotatable bonds is 6. The lowest BCUT2D eigenvalue weighted by Gasteiger charge is -2.23. The quantitative estimate of drug-likeness (QED) is 0.307. The third-order valence-corrected chi connectivity index (χ3v) is 7.22. The molecule has 0 atom stereocenters. The smallest absolute Gasteiger partial charge is 0.268 e. The van der Waals surface area contributed by atoms with E-state index in [1.807, 2.05) is 95.6 Å². The molecule has 40 heavy (non-hydrogen) atoms. The second-order valence-corrected chi connectivity index (χ2v) is 9.64. The van der Waals surface area contributed by atoms with Gasteiger partial charge in [-0.15, -0.1) is 0 Å². The van der Waals surface area contributed by atoms with Crippen LogP contribution in [0.2, 0.25) is 0 Å². The van der Waals surface area contributed by atoms with Crippen molar-refractivity contribution in [3.05, 3.63) is 138 Å². The second-order valence-electron chi connectivity index (χ2n) is 9.64. The molecule has 3 aromatic carbocycles. The van der Waals surface area contributed by atoms with Gasteiger partial charge in [-0.1, -0.05) is 48.5 Å². The van der Waals surface area contributed by atoms with Crippen LogP contribution in [0.4, 0.5) is 5.69 Å². The summed E-state index contributed by atoms with van der Waals surface area (Å²) in [6.07, 6.45) is 3.41. The zero-order chi connectivity index (χ0) is 27.5. The van der Waals surface area contributed by atoms with Gasteiger partial charge >= 0.3 is 0 Å². The Labute approximate surface area is 232 Å². The molecule has 0 saturated carbocycles. The molecule has 2 amide bonds. The Bertz CT molecular complexity index is 1680. The van der Waals surface area contributed by atoms with Gasteiger partial charge in [0.1, 0.15) is 11.4 Å². The number of hydrogen-bond donors (Lipinski definition) is 1. The minimum absolute atomic E-state index is 0.135. The predicted molar refractivity (Wildman–Crippen MR) is 154 cm³/mol. The first-order valence-corrected chi connectivity index (χ1v) is 13.1. The molecule has 0 spiro atoms. The summed E-state index contributed by atoms with van der Waals surface area (Å²) in [6.45, 7) is 1.22. The zero-order valence-corrected chi connectivity index (χ0v) is 22.1. The molecule has 1 aliphatic heterocycles. The molecule has 0 aliphatic carbocycles. The Morgan fingerprint density at radius 1 is 0.875 bits per heavy atom. The first-order valence-electron chi connectivity index (χ1n) is 13.1. The predicted octanol–water partition coefficient (Wildman–Crippen LogP) is 5.70. The van der Waals surface area contributed by atoms with Crippen molar-refractivity contribution in [3.8, 4) is 16.9 Å². The fourth-order valence-electron chi connectivity index (χ4n) is 5.15. The largest absolute Gasteiger partial charge is 0.496 e. The molecule has 0 bridgehead atoms. The summed E-state index contributed by atoms with van der Waals surface area (Å²) in [5, 5.41) is 3.01. The number of pyridine rings is 1. The summed E-state index contributed by atoms with van der Waals surface area (Å²) in [7, 11) is 1.62. The van der Waals surface area contributed by atoms with Crippen LogP contribution in [0.25, 0.3) is 11.1 Å². The van der Waals surface area contributed by atoms with Gasteiger partial charge < -0.3 is 19.5 Å². The average molecular weight is 529 g/mol.